The van der Waals surface area contributed by atoms with Crippen LogP contribution in [0.3, 0.4) is 0 Å². The van der Waals surface area contributed by atoms with Gasteiger partial charge in [-0.15, -0.1) is 5.10 Å². The van der Waals surface area contributed by atoms with E-state index in [4.69, 9.17) is 0 Å². The molecule has 1 aromatic carbocycles. The number of fused-ring (bicyclic) bond motifs is 1. The summed E-state index contributed by atoms with van der Waals surface area (Å²) in [5, 5.41) is 6.57. The number of amides is 1. The fourth-order valence-corrected chi connectivity index (χ4v) is 2.33. The van der Waals surface area contributed by atoms with Gasteiger partial charge in [0.05, 0.1) is 0 Å². The number of alkyl halides is 2. The van der Waals surface area contributed by atoms with E-state index < -0.39 is 12.3 Å². The maximum Gasteiger partial charge on any atom is 0.295 e. The van der Waals surface area contributed by atoms with Crippen molar-refractivity contribution in [1.82, 2.24) is 19.6 Å². The van der Waals surface area contributed by atoms with Crippen LogP contribution >= 0.6 is 0 Å². The molecule has 3 aromatic rings. The Balaban J connectivity index is 1.99. The van der Waals surface area contributed by atoms with Crippen LogP contribution in [0.15, 0.2) is 24.3 Å². The highest BCUT2D eigenvalue weighted by Crippen LogP contribution is 2.21. The third kappa shape index (κ3) is 2.82. The van der Waals surface area contributed by atoms with Crippen molar-refractivity contribution in [3.63, 3.8) is 0 Å². The van der Waals surface area contributed by atoms with Crippen LogP contribution in [0, 0.1) is 20.8 Å². The molecule has 0 aliphatic rings. The molecule has 3 rings (SSSR count). The van der Waals surface area contributed by atoms with E-state index in [1.807, 2.05) is 26.0 Å². The number of halogens is 2. The van der Waals surface area contributed by atoms with Crippen LogP contribution in [-0.4, -0.2) is 25.5 Å². The number of anilines is 1. The van der Waals surface area contributed by atoms with Gasteiger partial charge in [0, 0.05) is 11.4 Å². The highest BCUT2D eigenvalue weighted by molar-refractivity contribution is 6.02. The van der Waals surface area contributed by atoms with E-state index in [-0.39, 0.29) is 17.3 Å². The molecule has 0 fully saturated rings. The van der Waals surface area contributed by atoms with Crippen molar-refractivity contribution >= 4 is 17.4 Å². The third-order valence-electron chi connectivity index (χ3n) is 3.75. The number of hydrogen-bond acceptors (Lipinski definition) is 4. The Hall–Kier alpha value is -2.90. The summed E-state index contributed by atoms with van der Waals surface area (Å²) in [5.41, 5.74) is 2.59. The van der Waals surface area contributed by atoms with E-state index in [1.54, 1.807) is 13.0 Å². The average Bonchev–Trinajstić information content (AvgIpc) is 2.94. The maximum absolute atomic E-state index is 13.1. The Kier molecular flexibility index (Phi) is 3.96. The summed E-state index contributed by atoms with van der Waals surface area (Å²) in [6.07, 6.45) is -2.74. The SMILES string of the molecule is Cc1cc(C(F)F)n2nc(C(=O)Nc3cccc(C)c3C)nc2n1. The summed E-state index contributed by atoms with van der Waals surface area (Å²) in [5.74, 6) is -0.820. The van der Waals surface area contributed by atoms with Gasteiger partial charge in [0.25, 0.3) is 18.1 Å². The minimum Gasteiger partial charge on any atom is -0.319 e. The first-order valence-corrected chi connectivity index (χ1v) is 7.27. The average molecular weight is 331 g/mol. The molecule has 0 spiro atoms. The standard InChI is InChI=1S/C16H15F2N5O/c1-8-5-4-6-11(10(8)3)20-15(24)14-21-16-19-9(2)7-12(13(17)18)23(16)22-14/h4-7,13H,1-3H3,(H,20,24). The van der Waals surface area contributed by atoms with Gasteiger partial charge in [0.1, 0.15) is 5.69 Å². The molecule has 1 amide bonds. The zero-order valence-corrected chi connectivity index (χ0v) is 13.3. The molecule has 24 heavy (non-hydrogen) atoms. The van der Waals surface area contributed by atoms with Gasteiger partial charge in [-0.05, 0) is 44.0 Å². The van der Waals surface area contributed by atoms with Crippen LogP contribution in [-0.2, 0) is 0 Å². The second-order valence-electron chi connectivity index (χ2n) is 5.47. The molecule has 0 saturated carbocycles. The molecule has 0 aliphatic carbocycles. The summed E-state index contributed by atoms with van der Waals surface area (Å²) < 4.78 is 27.1. The van der Waals surface area contributed by atoms with Crippen LogP contribution < -0.4 is 5.32 Å². The van der Waals surface area contributed by atoms with Gasteiger partial charge in [0.2, 0.25) is 5.82 Å². The number of rotatable bonds is 3. The molecule has 0 atom stereocenters. The van der Waals surface area contributed by atoms with Gasteiger partial charge in [-0.3, -0.25) is 4.79 Å². The minimum absolute atomic E-state index is 0.0311. The predicted octanol–water partition coefficient (Wildman–Crippen LogP) is 3.24. The Morgan fingerprint density at radius 2 is 1.96 bits per heavy atom. The molecule has 1 N–H and O–H groups in total. The zero-order chi connectivity index (χ0) is 17.4. The molecule has 6 nitrogen and oxygen atoms in total. The first-order valence-electron chi connectivity index (χ1n) is 7.27. The number of aryl methyl sites for hydroxylation is 2. The van der Waals surface area contributed by atoms with Crippen molar-refractivity contribution in [2.24, 2.45) is 0 Å². The predicted molar refractivity (Wildman–Crippen MR) is 84.3 cm³/mol. The summed E-state index contributed by atoms with van der Waals surface area (Å²) in [7, 11) is 0. The maximum atomic E-state index is 13.1. The quantitative estimate of drug-likeness (QED) is 0.800. The second kappa shape index (κ2) is 5.95. The smallest absolute Gasteiger partial charge is 0.295 e. The molecule has 2 aromatic heterocycles. The highest BCUT2D eigenvalue weighted by Gasteiger charge is 2.20. The van der Waals surface area contributed by atoms with Crippen molar-refractivity contribution in [3.05, 3.63) is 52.6 Å². The van der Waals surface area contributed by atoms with Crippen LogP contribution in [0.25, 0.3) is 5.78 Å². The van der Waals surface area contributed by atoms with Crippen molar-refractivity contribution in [1.29, 1.82) is 0 Å². The Morgan fingerprint density at radius 3 is 2.67 bits per heavy atom. The number of carbonyl (C=O) groups is 1. The molecule has 0 bridgehead atoms. The third-order valence-corrected chi connectivity index (χ3v) is 3.75. The van der Waals surface area contributed by atoms with E-state index in [0.717, 1.165) is 15.6 Å². The largest absolute Gasteiger partial charge is 0.319 e. The van der Waals surface area contributed by atoms with Crippen molar-refractivity contribution < 1.29 is 13.6 Å². The number of nitrogens with zero attached hydrogens (tertiary/aromatic N) is 4. The van der Waals surface area contributed by atoms with Gasteiger partial charge >= 0.3 is 0 Å². The summed E-state index contributed by atoms with van der Waals surface area (Å²) in [4.78, 5) is 20.3. The van der Waals surface area contributed by atoms with E-state index in [2.05, 4.69) is 20.4 Å². The monoisotopic (exact) mass is 331 g/mol. The summed E-state index contributed by atoms with van der Waals surface area (Å²) in [6, 6.07) is 6.71. The summed E-state index contributed by atoms with van der Waals surface area (Å²) in [6.45, 7) is 5.38. The van der Waals surface area contributed by atoms with E-state index in [9.17, 15) is 13.6 Å². The lowest BCUT2D eigenvalue weighted by Gasteiger charge is -2.08. The van der Waals surface area contributed by atoms with Crippen molar-refractivity contribution in [2.75, 3.05) is 5.32 Å². The Bertz CT molecular complexity index is 936. The molecule has 0 aliphatic heterocycles. The lowest BCUT2D eigenvalue weighted by atomic mass is 10.1. The van der Waals surface area contributed by atoms with Crippen molar-refractivity contribution in [2.45, 2.75) is 27.2 Å². The van der Waals surface area contributed by atoms with E-state index in [1.165, 1.54) is 6.07 Å². The Morgan fingerprint density at radius 1 is 1.21 bits per heavy atom. The van der Waals surface area contributed by atoms with Crippen LogP contribution in [0.5, 0.6) is 0 Å². The van der Waals surface area contributed by atoms with Gasteiger partial charge in [-0.1, -0.05) is 12.1 Å². The van der Waals surface area contributed by atoms with Crippen LogP contribution in [0.1, 0.15) is 39.6 Å². The Labute approximate surface area is 136 Å². The molecule has 0 saturated heterocycles. The minimum atomic E-state index is -2.74. The zero-order valence-electron chi connectivity index (χ0n) is 13.3. The first kappa shape index (κ1) is 16.0. The number of aromatic nitrogens is 4. The number of benzene rings is 1. The fraction of sp³-hybridized carbons (Fsp3) is 0.250. The number of nitrogens with one attached hydrogen (secondary N) is 1. The highest BCUT2D eigenvalue weighted by atomic mass is 19.3. The van der Waals surface area contributed by atoms with Gasteiger partial charge in [-0.2, -0.15) is 9.50 Å². The molecule has 0 unspecified atom stereocenters. The van der Waals surface area contributed by atoms with Gasteiger partial charge in [-0.25, -0.2) is 13.8 Å². The van der Waals surface area contributed by atoms with Crippen molar-refractivity contribution in [3.8, 4) is 0 Å². The number of carbonyl (C=O) groups excluding carboxylic acids is 1. The molecule has 0 radical (unpaired) electrons. The normalized spacial score (nSPS) is 11.2. The number of hydrogen-bond donors (Lipinski definition) is 1. The fourth-order valence-electron chi connectivity index (χ4n) is 2.33. The van der Waals surface area contributed by atoms with Gasteiger partial charge in [0.15, 0.2) is 0 Å². The lowest BCUT2D eigenvalue weighted by molar-refractivity contribution is 0.101. The molecular weight excluding hydrogens is 316 g/mol. The van der Waals surface area contributed by atoms with Crippen LogP contribution in [0.2, 0.25) is 0 Å². The second-order valence-corrected chi connectivity index (χ2v) is 5.47. The van der Waals surface area contributed by atoms with E-state index >= 15 is 0 Å². The van der Waals surface area contributed by atoms with Crippen LogP contribution in [0.4, 0.5) is 14.5 Å². The summed E-state index contributed by atoms with van der Waals surface area (Å²) >= 11 is 0. The molecule has 2 heterocycles. The van der Waals surface area contributed by atoms with E-state index in [0.29, 0.717) is 11.4 Å². The van der Waals surface area contributed by atoms with Gasteiger partial charge < -0.3 is 5.32 Å². The molecular formula is C16H15F2N5O. The topological polar surface area (TPSA) is 72.2 Å². The first-order chi connectivity index (χ1) is 11.4. The lowest BCUT2D eigenvalue weighted by Crippen LogP contribution is -2.15. The molecule has 8 heteroatoms. The molecule has 124 valence electrons.